The second-order valence-electron chi connectivity index (χ2n) is 9.49. The maximum atomic E-state index is 12.9. The first-order valence-corrected chi connectivity index (χ1v) is 13.7. The van der Waals surface area contributed by atoms with Crippen molar-refractivity contribution in [2.45, 2.75) is 50.5 Å². The fourth-order valence-corrected chi connectivity index (χ4v) is 5.53. The summed E-state index contributed by atoms with van der Waals surface area (Å²) in [7, 11) is 0. The Morgan fingerprint density at radius 2 is 1.67 bits per heavy atom. The molecule has 1 aliphatic heterocycles. The summed E-state index contributed by atoms with van der Waals surface area (Å²) in [5.74, 6) is 1.26. The van der Waals surface area contributed by atoms with Crippen molar-refractivity contribution in [2.75, 3.05) is 18.8 Å². The van der Waals surface area contributed by atoms with Gasteiger partial charge in [-0.05, 0) is 60.8 Å². The average Bonchev–Trinajstić information content (AvgIpc) is 3.29. The smallest absolute Gasteiger partial charge is 0.230 e. The molecule has 0 saturated carbocycles. The fraction of sp³-hybridized carbons (Fsp3) is 0.345. The van der Waals surface area contributed by atoms with Gasteiger partial charge in [-0.2, -0.15) is 0 Å². The van der Waals surface area contributed by atoms with E-state index in [1.165, 1.54) is 47.4 Å². The van der Waals surface area contributed by atoms with E-state index in [9.17, 15) is 4.79 Å². The van der Waals surface area contributed by atoms with Crippen LogP contribution in [0.1, 0.15) is 49.2 Å². The molecule has 186 valence electrons. The molecule has 1 aromatic heterocycles. The molecule has 3 aromatic carbocycles. The van der Waals surface area contributed by atoms with Gasteiger partial charge in [-0.25, -0.2) is 0 Å². The zero-order chi connectivity index (χ0) is 24.7. The van der Waals surface area contributed by atoms with E-state index in [4.69, 9.17) is 0 Å². The molecule has 7 heteroatoms. The highest BCUT2D eigenvalue weighted by Crippen LogP contribution is 2.23. The second-order valence-corrected chi connectivity index (χ2v) is 10.4. The van der Waals surface area contributed by atoms with Crippen LogP contribution in [0.3, 0.4) is 0 Å². The Balaban J connectivity index is 1.25. The molecule has 2 heterocycles. The SMILES string of the molecule is C[C@H](NC(=O)CSc1nnc(CN2CCCCC2)n1Cc1ccccc1)c1ccc2ccccc2c1. The first kappa shape index (κ1) is 24.5. The Kier molecular flexibility index (Phi) is 7.98. The number of carbonyl (C=O) groups is 1. The number of hydrogen-bond acceptors (Lipinski definition) is 5. The summed E-state index contributed by atoms with van der Waals surface area (Å²) < 4.78 is 2.18. The van der Waals surface area contributed by atoms with Crippen LogP contribution < -0.4 is 5.32 Å². The number of piperidine rings is 1. The Morgan fingerprint density at radius 1 is 0.917 bits per heavy atom. The highest BCUT2D eigenvalue weighted by Gasteiger charge is 2.19. The van der Waals surface area contributed by atoms with Crippen molar-refractivity contribution in [2.24, 2.45) is 0 Å². The Morgan fingerprint density at radius 3 is 2.47 bits per heavy atom. The largest absolute Gasteiger partial charge is 0.349 e. The quantitative estimate of drug-likeness (QED) is 0.311. The molecule has 6 nitrogen and oxygen atoms in total. The van der Waals surface area contributed by atoms with Crippen LogP contribution in [0, 0.1) is 0 Å². The number of thioether (sulfide) groups is 1. The van der Waals surface area contributed by atoms with Crippen molar-refractivity contribution in [3.8, 4) is 0 Å². The molecule has 0 bridgehead atoms. The number of amides is 1. The number of aromatic nitrogens is 3. The van der Waals surface area contributed by atoms with Gasteiger partial charge in [-0.3, -0.25) is 9.69 Å². The van der Waals surface area contributed by atoms with E-state index in [1.807, 2.05) is 25.1 Å². The molecule has 1 N–H and O–H groups in total. The third-order valence-electron chi connectivity index (χ3n) is 6.77. The van der Waals surface area contributed by atoms with Gasteiger partial charge in [0, 0.05) is 0 Å². The predicted octanol–water partition coefficient (Wildman–Crippen LogP) is 5.44. The molecule has 1 fully saturated rings. The number of carbonyl (C=O) groups excluding carboxylic acids is 1. The number of benzene rings is 3. The molecule has 1 aliphatic rings. The van der Waals surface area contributed by atoms with E-state index in [0.717, 1.165) is 36.2 Å². The predicted molar refractivity (Wildman–Crippen MR) is 146 cm³/mol. The van der Waals surface area contributed by atoms with Crippen LogP contribution in [0.2, 0.25) is 0 Å². The van der Waals surface area contributed by atoms with Crippen molar-refractivity contribution < 1.29 is 4.79 Å². The lowest BCUT2D eigenvalue weighted by Gasteiger charge is -2.26. The van der Waals surface area contributed by atoms with Crippen LogP contribution in [0.15, 0.2) is 78.0 Å². The van der Waals surface area contributed by atoms with Gasteiger partial charge in [-0.15, -0.1) is 10.2 Å². The number of nitrogens with zero attached hydrogens (tertiary/aromatic N) is 4. The summed E-state index contributed by atoms with van der Waals surface area (Å²) in [4.78, 5) is 15.3. The van der Waals surface area contributed by atoms with Crippen LogP contribution >= 0.6 is 11.8 Å². The first-order chi connectivity index (χ1) is 17.7. The van der Waals surface area contributed by atoms with Crippen molar-refractivity contribution >= 4 is 28.4 Å². The zero-order valence-electron chi connectivity index (χ0n) is 20.8. The number of rotatable bonds is 9. The van der Waals surface area contributed by atoms with E-state index in [2.05, 4.69) is 79.6 Å². The van der Waals surface area contributed by atoms with Crippen molar-refractivity contribution in [3.63, 3.8) is 0 Å². The Labute approximate surface area is 217 Å². The number of hydrogen-bond donors (Lipinski definition) is 1. The van der Waals surface area contributed by atoms with Crippen LogP contribution in [0.4, 0.5) is 0 Å². The molecule has 5 rings (SSSR count). The van der Waals surface area contributed by atoms with Gasteiger partial charge in [0.1, 0.15) is 5.82 Å². The van der Waals surface area contributed by atoms with Crippen LogP contribution in [0.25, 0.3) is 10.8 Å². The van der Waals surface area contributed by atoms with Gasteiger partial charge in [-0.1, -0.05) is 84.9 Å². The third-order valence-corrected chi connectivity index (χ3v) is 7.74. The van der Waals surface area contributed by atoms with E-state index >= 15 is 0 Å². The zero-order valence-corrected chi connectivity index (χ0v) is 21.6. The average molecular weight is 500 g/mol. The minimum Gasteiger partial charge on any atom is -0.349 e. The highest BCUT2D eigenvalue weighted by molar-refractivity contribution is 7.99. The maximum Gasteiger partial charge on any atom is 0.230 e. The van der Waals surface area contributed by atoms with Gasteiger partial charge in [0.2, 0.25) is 5.91 Å². The van der Waals surface area contributed by atoms with E-state index < -0.39 is 0 Å². The summed E-state index contributed by atoms with van der Waals surface area (Å²) in [6.45, 7) is 5.74. The molecular formula is C29H33N5OS. The molecule has 1 atom stereocenters. The first-order valence-electron chi connectivity index (χ1n) is 12.7. The van der Waals surface area contributed by atoms with Crippen molar-refractivity contribution in [1.82, 2.24) is 25.0 Å². The summed E-state index contributed by atoms with van der Waals surface area (Å²) in [6, 6.07) is 24.9. The lowest BCUT2D eigenvalue weighted by molar-refractivity contribution is -0.119. The maximum absolute atomic E-state index is 12.9. The number of nitrogens with one attached hydrogen (secondary N) is 1. The second kappa shape index (κ2) is 11.7. The Bertz CT molecular complexity index is 1300. The van der Waals surface area contributed by atoms with E-state index in [0.29, 0.717) is 12.3 Å². The van der Waals surface area contributed by atoms with Gasteiger partial charge < -0.3 is 9.88 Å². The molecule has 1 amide bonds. The summed E-state index contributed by atoms with van der Waals surface area (Å²) >= 11 is 1.46. The van der Waals surface area contributed by atoms with Gasteiger partial charge in [0.15, 0.2) is 5.16 Å². The molecule has 0 radical (unpaired) electrons. The summed E-state index contributed by atoms with van der Waals surface area (Å²) in [6.07, 6.45) is 3.79. The topological polar surface area (TPSA) is 63.1 Å². The standard InChI is InChI=1S/C29H33N5OS/c1-22(25-15-14-24-12-6-7-13-26(24)18-25)30-28(35)21-36-29-32-31-27(20-33-16-8-3-9-17-33)34(29)19-23-10-4-2-5-11-23/h2,4-7,10-15,18,22H,3,8-9,16-17,19-21H2,1H3,(H,30,35)/t22-/m0/s1. The van der Waals surface area contributed by atoms with Gasteiger partial charge in [0.05, 0.1) is 24.9 Å². The lowest BCUT2D eigenvalue weighted by atomic mass is 10.0. The molecule has 1 saturated heterocycles. The van der Waals surface area contributed by atoms with Crippen LogP contribution in [-0.2, 0) is 17.9 Å². The highest BCUT2D eigenvalue weighted by atomic mass is 32.2. The monoisotopic (exact) mass is 499 g/mol. The van der Waals surface area contributed by atoms with E-state index in [-0.39, 0.29) is 11.9 Å². The number of likely N-dealkylation sites (tertiary alicyclic amines) is 1. The van der Waals surface area contributed by atoms with E-state index in [1.54, 1.807) is 0 Å². The molecular weight excluding hydrogens is 466 g/mol. The molecule has 0 spiro atoms. The fourth-order valence-electron chi connectivity index (χ4n) is 4.76. The lowest BCUT2D eigenvalue weighted by Crippen LogP contribution is -2.30. The van der Waals surface area contributed by atoms with Crippen molar-refractivity contribution in [1.29, 1.82) is 0 Å². The minimum atomic E-state index is -0.0699. The molecule has 0 aliphatic carbocycles. The van der Waals surface area contributed by atoms with Crippen molar-refractivity contribution in [3.05, 3.63) is 89.7 Å². The van der Waals surface area contributed by atoms with Crippen LogP contribution in [0.5, 0.6) is 0 Å². The van der Waals surface area contributed by atoms with Gasteiger partial charge >= 0.3 is 0 Å². The molecule has 36 heavy (non-hydrogen) atoms. The summed E-state index contributed by atoms with van der Waals surface area (Å²) in [5, 5.41) is 15.4. The number of fused-ring (bicyclic) bond motifs is 1. The van der Waals surface area contributed by atoms with Gasteiger partial charge in [0.25, 0.3) is 0 Å². The Hall–Kier alpha value is -3.16. The van der Waals surface area contributed by atoms with Crippen LogP contribution in [-0.4, -0.2) is 44.4 Å². The molecule has 4 aromatic rings. The summed E-state index contributed by atoms with van der Waals surface area (Å²) in [5.41, 5.74) is 2.30. The third kappa shape index (κ3) is 6.15. The normalized spacial score (nSPS) is 15.1. The minimum absolute atomic E-state index is 0.00694. The molecule has 0 unspecified atom stereocenters.